The van der Waals surface area contributed by atoms with Gasteiger partial charge in [-0.1, -0.05) is 24.3 Å². The second-order valence-corrected chi connectivity index (χ2v) is 9.53. The van der Waals surface area contributed by atoms with Crippen LogP contribution >= 0.6 is 11.3 Å². The molecule has 0 spiro atoms. The fourth-order valence-electron chi connectivity index (χ4n) is 4.85. The highest BCUT2D eigenvalue weighted by Crippen LogP contribution is 2.42. The van der Waals surface area contributed by atoms with E-state index in [1.807, 2.05) is 24.3 Å². The number of benzene rings is 2. The van der Waals surface area contributed by atoms with Crippen molar-refractivity contribution in [3.8, 4) is 0 Å². The lowest BCUT2D eigenvalue weighted by Crippen LogP contribution is -2.42. The summed E-state index contributed by atoms with van der Waals surface area (Å²) in [5, 5.41) is 0.878. The van der Waals surface area contributed by atoms with Gasteiger partial charge in [-0.2, -0.15) is 0 Å². The number of nitrogens with zero attached hydrogens (tertiary/aromatic N) is 3. The lowest BCUT2D eigenvalue weighted by molar-refractivity contribution is -0.141. The molecular formula is C24H22FN3O3S. The lowest BCUT2D eigenvalue weighted by atomic mass is 9.75. The average molecular weight is 452 g/mol. The Balaban J connectivity index is 1.48. The Kier molecular flexibility index (Phi) is 5.04. The molecular weight excluding hydrogens is 429 g/mol. The van der Waals surface area contributed by atoms with Crippen LogP contribution in [0.2, 0.25) is 0 Å². The highest BCUT2D eigenvalue weighted by atomic mass is 32.1. The molecule has 2 aromatic carbocycles. The molecule has 2 atom stereocenters. The summed E-state index contributed by atoms with van der Waals surface area (Å²) < 4.78 is 15.1. The molecule has 8 heteroatoms. The van der Waals surface area contributed by atoms with Crippen molar-refractivity contribution in [3.05, 3.63) is 64.9 Å². The van der Waals surface area contributed by atoms with Gasteiger partial charge in [-0.3, -0.25) is 19.3 Å². The Morgan fingerprint density at radius 2 is 2.03 bits per heavy atom. The number of amides is 3. The standard InChI is InChI=1S/C24H22FN3O3S/c1-27-20(29)13-24(23(27)31,15-6-4-7-16(25)12-15)14-21(30)28-11-5-9-18(28)22-26-17-8-2-3-10-19(17)32-22/h2-4,6-8,10,12,18H,5,9,11,13-14H2,1H3. The summed E-state index contributed by atoms with van der Waals surface area (Å²) in [7, 11) is 1.41. The van der Waals surface area contributed by atoms with E-state index in [4.69, 9.17) is 4.98 Å². The Morgan fingerprint density at radius 1 is 1.22 bits per heavy atom. The quantitative estimate of drug-likeness (QED) is 0.566. The van der Waals surface area contributed by atoms with Crippen LogP contribution in [-0.2, 0) is 19.8 Å². The predicted molar refractivity (Wildman–Crippen MR) is 118 cm³/mol. The number of imide groups is 1. The molecule has 2 saturated heterocycles. The first-order valence-corrected chi connectivity index (χ1v) is 11.4. The molecule has 0 radical (unpaired) electrons. The maximum Gasteiger partial charge on any atom is 0.240 e. The Bertz CT molecular complexity index is 1210. The number of hydrogen-bond donors (Lipinski definition) is 0. The van der Waals surface area contributed by atoms with Crippen molar-refractivity contribution >= 4 is 39.3 Å². The van der Waals surface area contributed by atoms with Gasteiger partial charge in [0, 0.05) is 26.4 Å². The molecule has 2 aliphatic heterocycles. The first kappa shape index (κ1) is 20.8. The van der Waals surface area contributed by atoms with Gasteiger partial charge in [0.05, 0.1) is 21.7 Å². The number of carbonyl (C=O) groups excluding carboxylic acids is 3. The average Bonchev–Trinajstić information content (AvgIpc) is 3.48. The van der Waals surface area contributed by atoms with Crippen LogP contribution in [0.25, 0.3) is 10.2 Å². The number of halogens is 1. The molecule has 6 nitrogen and oxygen atoms in total. The molecule has 5 rings (SSSR count). The number of para-hydroxylation sites is 1. The maximum absolute atomic E-state index is 14.0. The molecule has 1 aromatic heterocycles. The monoisotopic (exact) mass is 451 g/mol. The van der Waals surface area contributed by atoms with Gasteiger partial charge in [0.15, 0.2) is 0 Å². The molecule has 3 aromatic rings. The zero-order chi connectivity index (χ0) is 22.5. The summed E-state index contributed by atoms with van der Waals surface area (Å²) in [6.45, 7) is 0.566. The van der Waals surface area contributed by atoms with Crippen molar-refractivity contribution < 1.29 is 18.8 Å². The predicted octanol–water partition coefficient (Wildman–Crippen LogP) is 3.82. The SMILES string of the molecule is CN1C(=O)CC(CC(=O)N2CCCC2c2nc3ccccc3s2)(c2cccc(F)c2)C1=O. The molecule has 0 bridgehead atoms. The Labute approximate surface area is 188 Å². The van der Waals surface area contributed by atoms with Crippen molar-refractivity contribution in [2.75, 3.05) is 13.6 Å². The summed E-state index contributed by atoms with van der Waals surface area (Å²) >= 11 is 1.57. The third-order valence-electron chi connectivity index (χ3n) is 6.54. The molecule has 0 aliphatic carbocycles. The van der Waals surface area contributed by atoms with Crippen molar-refractivity contribution in [1.82, 2.24) is 14.8 Å². The van der Waals surface area contributed by atoms with Gasteiger partial charge in [-0.25, -0.2) is 9.37 Å². The smallest absolute Gasteiger partial charge is 0.240 e. The number of thiazole rings is 1. The van der Waals surface area contributed by atoms with E-state index in [1.54, 1.807) is 22.3 Å². The Hall–Kier alpha value is -3.13. The van der Waals surface area contributed by atoms with Crippen molar-refractivity contribution in [2.24, 2.45) is 0 Å². The minimum absolute atomic E-state index is 0.142. The van der Waals surface area contributed by atoms with Crippen LogP contribution < -0.4 is 0 Å². The van der Waals surface area contributed by atoms with Gasteiger partial charge in [0.2, 0.25) is 17.7 Å². The molecule has 3 heterocycles. The summed E-state index contributed by atoms with van der Waals surface area (Å²) in [5.74, 6) is -1.54. The van der Waals surface area contributed by atoms with E-state index < -0.39 is 17.1 Å². The molecule has 2 unspecified atom stereocenters. The number of rotatable bonds is 4. The number of hydrogen-bond acceptors (Lipinski definition) is 5. The summed E-state index contributed by atoms with van der Waals surface area (Å²) in [5.41, 5.74) is -0.114. The van der Waals surface area contributed by atoms with E-state index in [9.17, 15) is 18.8 Å². The maximum atomic E-state index is 14.0. The van der Waals surface area contributed by atoms with Crippen LogP contribution in [0.4, 0.5) is 4.39 Å². The molecule has 164 valence electrons. The van der Waals surface area contributed by atoms with Crippen LogP contribution in [0, 0.1) is 5.82 Å². The molecule has 3 amide bonds. The number of fused-ring (bicyclic) bond motifs is 1. The minimum atomic E-state index is -1.38. The van der Waals surface area contributed by atoms with Gasteiger partial charge in [0.1, 0.15) is 10.8 Å². The highest BCUT2D eigenvalue weighted by molar-refractivity contribution is 7.18. The second kappa shape index (κ2) is 7.78. The normalized spacial score (nSPS) is 23.5. The third-order valence-corrected chi connectivity index (χ3v) is 7.68. The molecule has 32 heavy (non-hydrogen) atoms. The third kappa shape index (κ3) is 3.30. The van der Waals surface area contributed by atoms with Crippen molar-refractivity contribution in [3.63, 3.8) is 0 Å². The van der Waals surface area contributed by atoms with Crippen molar-refractivity contribution in [2.45, 2.75) is 37.1 Å². The van der Waals surface area contributed by atoms with E-state index >= 15 is 0 Å². The molecule has 0 saturated carbocycles. The van der Waals surface area contributed by atoms with Crippen LogP contribution in [-0.4, -0.2) is 46.1 Å². The number of likely N-dealkylation sites (tertiary alicyclic amines) is 2. The first-order valence-electron chi connectivity index (χ1n) is 10.6. The summed E-state index contributed by atoms with van der Waals surface area (Å²) in [6.07, 6.45) is 1.32. The van der Waals surface area contributed by atoms with Gasteiger partial charge < -0.3 is 4.90 Å². The number of aromatic nitrogens is 1. The van der Waals surface area contributed by atoms with Gasteiger partial charge in [-0.05, 0) is 42.7 Å². The van der Waals surface area contributed by atoms with E-state index in [0.717, 1.165) is 33.0 Å². The lowest BCUT2D eigenvalue weighted by Gasteiger charge is -2.30. The van der Waals surface area contributed by atoms with E-state index in [2.05, 4.69) is 0 Å². The first-order chi connectivity index (χ1) is 15.4. The Morgan fingerprint density at radius 3 is 2.75 bits per heavy atom. The molecule has 2 fully saturated rings. The number of carbonyl (C=O) groups is 3. The summed E-state index contributed by atoms with van der Waals surface area (Å²) in [4.78, 5) is 46.7. The van der Waals surface area contributed by atoms with Gasteiger partial charge in [0.25, 0.3) is 0 Å². The van der Waals surface area contributed by atoms with E-state index in [-0.39, 0.29) is 30.7 Å². The van der Waals surface area contributed by atoms with Gasteiger partial charge in [-0.15, -0.1) is 11.3 Å². The van der Waals surface area contributed by atoms with Crippen molar-refractivity contribution in [1.29, 1.82) is 0 Å². The zero-order valence-electron chi connectivity index (χ0n) is 17.6. The molecule has 2 aliphatic rings. The minimum Gasteiger partial charge on any atom is -0.333 e. The van der Waals surface area contributed by atoms with Crippen LogP contribution in [0.3, 0.4) is 0 Å². The van der Waals surface area contributed by atoms with E-state index in [0.29, 0.717) is 12.1 Å². The largest absolute Gasteiger partial charge is 0.333 e. The topological polar surface area (TPSA) is 70.6 Å². The fourth-order valence-corrected chi connectivity index (χ4v) is 5.97. The zero-order valence-corrected chi connectivity index (χ0v) is 18.4. The number of likely N-dealkylation sites (N-methyl/N-ethyl adjacent to an activating group) is 1. The fraction of sp³-hybridized carbons (Fsp3) is 0.333. The highest BCUT2D eigenvalue weighted by Gasteiger charge is 2.53. The van der Waals surface area contributed by atoms with Crippen LogP contribution in [0.5, 0.6) is 0 Å². The summed E-state index contributed by atoms with van der Waals surface area (Å²) in [6, 6.07) is 13.4. The van der Waals surface area contributed by atoms with Gasteiger partial charge >= 0.3 is 0 Å². The van der Waals surface area contributed by atoms with Crippen LogP contribution in [0.1, 0.15) is 42.3 Å². The van der Waals surface area contributed by atoms with E-state index in [1.165, 1.54) is 25.2 Å². The second-order valence-electron chi connectivity index (χ2n) is 8.47. The molecule has 0 N–H and O–H groups in total. The van der Waals surface area contributed by atoms with Crippen LogP contribution in [0.15, 0.2) is 48.5 Å².